The first-order valence-electron chi connectivity index (χ1n) is 6.93. The molecule has 2 aliphatic rings. The van der Waals surface area contributed by atoms with Crippen LogP contribution in [0.3, 0.4) is 0 Å². The van der Waals surface area contributed by atoms with Gasteiger partial charge in [-0.3, -0.25) is 4.99 Å². The van der Waals surface area contributed by atoms with E-state index in [2.05, 4.69) is 39.5 Å². The molecule has 4 heteroatoms. The summed E-state index contributed by atoms with van der Waals surface area (Å²) in [5.41, 5.74) is 1.27. The van der Waals surface area contributed by atoms with Crippen LogP contribution in [0.1, 0.15) is 24.4 Å². The van der Waals surface area contributed by atoms with Crippen LogP contribution in [0.5, 0.6) is 0 Å². The summed E-state index contributed by atoms with van der Waals surface area (Å²) in [7, 11) is 2.03. The fourth-order valence-electron chi connectivity index (χ4n) is 2.81. The number of benzene rings is 1. The normalized spacial score (nSPS) is 29.4. The summed E-state index contributed by atoms with van der Waals surface area (Å²) < 4.78 is 12.8. The third-order valence-electron chi connectivity index (χ3n) is 4.00. The molecule has 0 spiro atoms. The van der Waals surface area contributed by atoms with Crippen molar-refractivity contribution in [3.63, 3.8) is 0 Å². The Morgan fingerprint density at radius 3 is 2.74 bits per heavy atom. The number of nitrogens with one attached hydrogen (secondary N) is 1. The third-order valence-corrected chi connectivity index (χ3v) is 4.00. The Kier molecular flexibility index (Phi) is 3.40. The number of hydrogen-bond acceptors (Lipinski definition) is 3. The zero-order valence-corrected chi connectivity index (χ0v) is 11.2. The lowest BCUT2D eigenvalue weighted by Crippen LogP contribution is -2.42. The van der Waals surface area contributed by atoms with E-state index in [4.69, 9.17) is 0 Å². The van der Waals surface area contributed by atoms with E-state index in [0.29, 0.717) is 18.8 Å². The van der Waals surface area contributed by atoms with E-state index < -0.39 is 6.17 Å². The van der Waals surface area contributed by atoms with Crippen LogP contribution in [0.25, 0.3) is 0 Å². The third kappa shape index (κ3) is 2.72. The first-order valence-corrected chi connectivity index (χ1v) is 6.93. The number of hydrogen-bond donors (Lipinski definition) is 1. The standard InChI is InChI=1S/C15H20FN3/c1-19(10-11-7-13(16)8-11)15-17-9-14(18-15)12-5-3-2-4-6-12/h2-6,11,13-14H,7-10H2,1H3,(H,17,18). The minimum absolute atomic E-state index is 0.272. The van der Waals surface area contributed by atoms with Crippen LogP contribution in [0, 0.1) is 5.92 Å². The molecule has 1 unspecified atom stereocenters. The molecule has 1 fully saturated rings. The molecular weight excluding hydrogens is 241 g/mol. The van der Waals surface area contributed by atoms with Gasteiger partial charge in [-0.25, -0.2) is 4.39 Å². The van der Waals surface area contributed by atoms with E-state index in [1.165, 1.54) is 5.56 Å². The average Bonchev–Trinajstić information content (AvgIpc) is 2.87. The van der Waals surface area contributed by atoms with Crippen molar-refractivity contribution in [3.05, 3.63) is 35.9 Å². The molecule has 0 aromatic heterocycles. The van der Waals surface area contributed by atoms with Crippen LogP contribution in [0.2, 0.25) is 0 Å². The second-order valence-electron chi connectivity index (χ2n) is 5.59. The van der Waals surface area contributed by atoms with Crippen molar-refractivity contribution in [2.45, 2.75) is 25.1 Å². The summed E-state index contributed by atoms with van der Waals surface area (Å²) in [6, 6.07) is 10.6. The molecule has 1 aliphatic carbocycles. The Morgan fingerprint density at radius 1 is 1.32 bits per heavy atom. The second-order valence-corrected chi connectivity index (χ2v) is 5.59. The fraction of sp³-hybridized carbons (Fsp3) is 0.533. The van der Waals surface area contributed by atoms with Crippen molar-refractivity contribution < 1.29 is 4.39 Å². The van der Waals surface area contributed by atoms with Gasteiger partial charge in [0.05, 0.1) is 12.6 Å². The Hall–Kier alpha value is -1.58. The van der Waals surface area contributed by atoms with Crippen LogP contribution in [-0.4, -0.2) is 37.2 Å². The highest BCUT2D eigenvalue weighted by Crippen LogP contribution is 2.30. The van der Waals surface area contributed by atoms with Crippen LogP contribution in [-0.2, 0) is 0 Å². The van der Waals surface area contributed by atoms with Crippen molar-refractivity contribution in [3.8, 4) is 0 Å². The maximum absolute atomic E-state index is 12.8. The molecule has 1 heterocycles. The molecule has 1 N–H and O–H groups in total. The molecule has 19 heavy (non-hydrogen) atoms. The van der Waals surface area contributed by atoms with Gasteiger partial charge in [0.2, 0.25) is 0 Å². The van der Waals surface area contributed by atoms with E-state index in [0.717, 1.165) is 19.0 Å². The number of alkyl halides is 1. The molecule has 0 saturated heterocycles. The number of guanidine groups is 1. The van der Waals surface area contributed by atoms with Gasteiger partial charge in [-0.2, -0.15) is 0 Å². The van der Waals surface area contributed by atoms with Gasteiger partial charge < -0.3 is 10.2 Å². The van der Waals surface area contributed by atoms with Gasteiger partial charge in [-0.05, 0) is 24.3 Å². The predicted octanol–water partition coefficient (Wildman–Crippen LogP) is 2.37. The highest BCUT2D eigenvalue weighted by Gasteiger charge is 2.31. The van der Waals surface area contributed by atoms with Crippen LogP contribution in [0.4, 0.5) is 4.39 Å². The lowest BCUT2D eigenvalue weighted by atomic mass is 9.83. The number of nitrogens with zero attached hydrogens (tertiary/aromatic N) is 2. The Labute approximate surface area is 113 Å². The minimum atomic E-state index is -0.575. The molecule has 0 amide bonds. The van der Waals surface area contributed by atoms with Gasteiger partial charge >= 0.3 is 0 Å². The maximum Gasteiger partial charge on any atom is 0.194 e. The molecule has 1 saturated carbocycles. The zero-order chi connectivity index (χ0) is 13.2. The lowest BCUT2D eigenvalue weighted by Gasteiger charge is -2.33. The van der Waals surface area contributed by atoms with Crippen LogP contribution in [0.15, 0.2) is 35.3 Å². The van der Waals surface area contributed by atoms with Gasteiger partial charge in [0, 0.05) is 13.6 Å². The van der Waals surface area contributed by atoms with Gasteiger partial charge in [0.25, 0.3) is 0 Å². The minimum Gasteiger partial charge on any atom is -0.348 e. The van der Waals surface area contributed by atoms with Gasteiger partial charge in [-0.1, -0.05) is 30.3 Å². The van der Waals surface area contributed by atoms with E-state index in [1.807, 2.05) is 13.1 Å². The highest BCUT2D eigenvalue weighted by molar-refractivity contribution is 5.82. The van der Waals surface area contributed by atoms with Crippen molar-refractivity contribution in [2.24, 2.45) is 10.9 Å². The summed E-state index contributed by atoms with van der Waals surface area (Å²) in [5, 5.41) is 3.45. The number of halogens is 1. The summed E-state index contributed by atoms with van der Waals surface area (Å²) in [6.45, 7) is 1.67. The summed E-state index contributed by atoms with van der Waals surface area (Å²) in [5.74, 6) is 1.43. The quantitative estimate of drug-likeness (QED) is 0.904. The monoisotopic (exact) mass is 261 g/mol. The average molecular weight is 261 g/mol. The number of rotatable bonds is 3. The van der Waals surface area contributed by atoms with E-state index in [1.54, 1.807) is 0 Å². The molecule has 0 bridgehead atoms. The van der Waals surface area contributed by atoms with E-state index >= 15 is 0 Å². The molecular formula is C15H20FN3. The lowest BCUT2D eigenvalue weighted by molar-refractivity contribution is 0.115. The second kappa shape index (κ2) is 5.19. The SMILES string of the molecule is CN(CC1CC(F)C1)C1=NCC(c2ccccc2)N1. The van der Waals surface area contributed by atoms with E-state index in [-0.39, 0.29) is 6.04 Å². The summed E-state index contributed by atoms with van der Waals surface area (Å²) in [6.07, 6.45) is 0.841. The van der Waals surface area contributed by atoms with Crippen molar-refractivity contribution in [1.29, 1.82) is 0 Å². The zero-order valence-electron chi connectivity index (χ0n) is 11.2. The first-order chi connectivity index (χ1) is 9.22. The fourth-order valence-corrected chi connectivity index (χ4v) is 2.81. The molecule has 1 aliphatic heterocycles. The Balaban J connectivity index is 1.53. The van der Waals surface area contributed by atoms with E-state index in [9.17, 15) is 4.39 Å². The molecule has 1 atom stereocenters. The maximum atomic E-state index is 12.8. The molecule has 1 aromatic rings. The molecule has 3 rings (SSSR count). The van der Waals surface area contributed by atoms with Crippen molar-refractivity contribution >= 4 is 5.96 Å². The predicted molar refractivity (Wildman–Crippen MR) is 74.9 cm³/mol. The molecule has 102 valence electrons. The van der Waals surface area contributed by atoms with Gasteiger partial charge in [0.15, 0.2) is 5.96 Å². The topological polar surface area (TPSA) is 27.6 Å². The van der Waals surface area contributed by atoms with Gasteiger partial charge in [0.1, 0.15) is 6.17 Å². The Bertz CT molecular complexity index is 454. The smallest absolute Gasteiger partial charge is 0.194 e. The van der Waals surface area contributed by atoms with Crippen LogP contribution < -0.4 is 5.32 Å². The van der Waals surface area contributed by atoms with Crippen molar-refractivity contribution in [2.75, 3.05) is 20.1 Å². The van der Waals surface area contributed by atoms with Crippen LogP contribution >= 0.6 is 0 Å². The summed E-state index contributed by atoms with van der Waals surface area (Å²) in [4.78, 5) is 6.69. The van der Waals surface area contributed by atoms with Crippen molar-refractivity contribution in [1.82, 2.24) is 10.2 Å². The molecule has 3 nitrogen and oxygen atoms in total. The van der Waals surface area contributed by atoms with Gasteiger partial charge in [-0.15, -0.1) is 0 Å². The Morgan fingerprint density at radius 2 is 2.05 bits per heavy atom. The first kappa shape index (κ1) is 12.5. The molecule has 0 radical (unpaired) electrons. The molecule has 1 aromatic carbocycles. The highest BCUT2D eigenvalue weighted by atomic mass is 19.1. The summed E-state index contributed by atoms with van der Waals surface area (Å²) >= 11 is 0. The number of aliphatic imine (C=N–C) groups is 1. The largest absolute Gasteiger partial charge is 0.348 e.